The van der Waals surface area contributed by atoms with Gasteiger partial charge in [0.1, 0.15) is 5.75 Å². The second kappa shape index (κ2) is 8.34. The van der Waals surface area contributed by atoms with E-state index in [0.717, 1.165) is 38.2 Å². The van der Waals surface area contributed by atoms with E-state index in [1.54, 1.807) is 7.11 Å². The van der Waals surface area contributed by atoms with E-state index in [4.69, 9.17) is 4.74 Å². The van der Waals surface area contributed by atoms with Gasteiger partial charge in [-0.2, -0.15) is 0 Å². The van der Waals surface area contributed by atoms with Gasteiger partial charge in [-0.1, -0.05) is 0 Å². The molecule has 8 heteroatoms. The first kappa shape index (κ1) is 18.5. The number of ether oxygens (including phenoxy) is 2. The standard InChI is InChI=1S/C16H21F3N2O3/c1-23-9-8-21-7-6-12(11-21)10-20-15(22)13-2-4-14(5-3-13)24-16(17,18)19/h2-5,12H,6-11H2,1H3,(H,20,22)/t12-/m0/s1. The van der Waals surface area contributed by atoms with Crippen molar-refractivity contribution in [2.75, 3.05) is 39.9 Å². The number of methoxy groups -OCH3 is 1. The average molecular weight is 346 g/mol. The summed E-state index contributed by atoms with van der Waals surface area (Å²) in [5.41, 5.74) is 0.304. The minimum absolute atomic E-state index is 0.302. The fraction of sp³-hybridized carbons (Fsp3) is 0.562. The van der Waals surface area contributed by atoms with Crippen LogP contribution < -0.4 is 10.1 Å². The highest BCUT2D eigenvalue weighted by Crippen LogP contribution is 2.22. The molecule has 0 bridgehead atoms. The normalized spacial score (nSPS) is 18.6. The molecule has 1 amide bonds. The number of likely N-dealkylation sites (tertiary alicyclic amines) is 1. The van der Waals surface area contributed by atoms with Crippen LogP contribution in [-0.2, 0) is 4.74 Å². The molecule has 0 spiro atoms. The zero-order valence-corrected chi connectivity index (χ0v) is 13.4. The summed E-state index contributed by atoms with van der Waals surface area (Å²) in [6, 6.07) is 4.89. The second-order valence-electron chi connectivity index (χ2n) is 5.73. The zero-order chi connectivity index (χ0) is 17.6. The Balaban J connectivity index is 1.77. The molecule has 1 saturated heterocycles. The molecule has 1 N–H and O–H groups in total. The van der Waals surface area contributed by atoms with Crippen molar-refractivity contribution in [2.24, 2.45) is 5.92 Å². The fourth-order valence-corrected chi connectivity index (χ4v) is 2.65. The van der Waals surface area contributed by atoms with Gasteiger partial charge < -0.3 is 19.7 Å². The van der Waals surface area contributed by atoms with Crippen molar-refractivity contribution in [1.29, 1.82) is 0 Å². The molecular formula is C16H21F3N2O3. The van der Waals surface area contributed by atoms with Crippen LogP contribution in [0.4, 0.5) is 13.2 Å². The van der Waals surface area contributed by atoms with Crippen molar-refractivity contribution in [3.05, 3.63) is 29.8 Å². The van der Waals surface area contributed by atoms with Crippen molar-refractivity contribution in [3.8, 4) is 5.75 Å². The van der Waals surface area contributed by atoms with Crippen LogP contribution in [0.5, 0.6) is 5.75 Å². The first-order valence-electron chi connectivity index (χ1n) is 7.72. The number of halogens is 3. The van der Waals surface area contributed by atoms with E-state index in [9.17, 15) is 18.0 Å². The average Bonchev–Trinajstić information content (AvgIpc) is 2.97. The van der Waals surface area contributed by atoms with Crippen molar-refractivity contribution < 1.29 is 27.4 Å². The van der Waals surface area contributed by atoms with Crippen LogP contribution in [0, 0.1) is 5.92 Å². The third-order valence-electron chi connectivity index (χ3n) is 3.88. The highest BCUT2D eigenvalue weighted by atomic mass is 19.4. The van der Waals surface area contributed by atoms with Gasteiger partial charge in [-0.25, -0.2) is 0 Å². The molecule has 5 nitrogen and oxygen atoms in total. The molecule has 134 valence electrons. The third kappa shape index (κ3) is 6.01. The first-order chi connectivity index (χ1) is 11.4. The van der Waals surface area contributed by atoms with Crippen LogP contribution in [0.3, 0.4) is 0 Å². The number of nitrogens with one attached hydrogen (secondary N) is 1. The van der Waals surface area contributed by atoms with Gasteiger partial charge in [0.15, 0.2) is 0 Å². The highest BCUT2D eigenvalue weighted by Gasteiger charge is 2.31. The van der Waals surface area contributed by atoms with Gasteiger partial charge in [-0.05, 0) is 43.1 Å². The number of rotatable bonds is 7. The molecule has 0 saturated carbocycles. The Morgan fingerprint density at radius 3 is 2.67 bits per heavy atom. The summed E-state index contributed by atoms with van der Waals surface area (Å²) in [4.78, 5) is 14.3. The topological polar surface area (TPSA) is 50.8 Å². The number of carbonyl (C=O) groups excluding carboxylic acids is 1. The zero-order valence-electron chi connectivity index (χ0n) is 13.4. The van der Waals surface area contributed by atoms with Gasteiger partial charge in [-0.3, -0.25) is 4.79 Å². The Bertz CT molecular complexity index is 534. The summed E-state index contributed by atoms with van der Waals surface area (Å²) in [6.07, 6.45) is -3.73. The molecule has 24 heavy (non-hydrogen) atoms. The maximum Gasteiger partial charge on any atom is 0.573 e. The molecule has 1 heterocycles. The van der Waals surface area contributed by atoms with E-state index in [1.165, 1.54) is 12.1 Å². The van der Waals surface area contributed by atoms with Gasteiger partial charge in [0.05, 0.1) is 6.61 Å². The molecule has 1 aromatic rings. The molecule has 0 radical (unpaired) electrons. The quantitative estimate of drug-likeness (QED) is 0.823. The smallest absolute Gasteiger partial charge is 0.406 e. The number of amides is 1. The van der Waals surface area contributed by atoms with Gasteiger partial charge in [0.2, 0.25) is 0 Å². The molecule has 1 fully saturated rings. The Labute approximate surface area is 138 Å². The largest absolute Gasteiger partial charge is 0.573 e. The Hall–Kier alpha value is -1.80. The number of hydrogen-bond acceptors (Lipinski definition) is 4. The van der Waals surface area contributed by atoms with Gasteiger partial charge in [-0.15, -0.1) is 13.2 Å². The maximum atomic E-state index is 12.1. The van der Waals surface area contributed by atoms with E-state index < -0.39 is 6.36 Å². The lowest BCUT2D eigenvalue weighted by atomic mass is 10.1. The Kier molecular flexibility index (Phi) is 6.44. The van der Waals surface area contributed by atoms with Crippen LogP contribution in [0.15, 0.2) is 24.3 Å². The minimum atomic E-state index is -4.74. The molecule has 1 atom stereocenters. The lowest BCUT2D eigenvalue weighted by Gasteiger charge is -2.15. The highest BCUT2D eigenvalue weighted by molar-refractivity contribution is 5.94. The number of nitrogens with zero attached hydrogens (tertiary/aromatic N) is 1. The molecule has 0 aromatic heterocycles. The van der Waals surface area contributed by atoms with Crippen LogP contribution >= 0.6 is 0 Å². The second-order valence-corrected chi connectivity index (χ2v) is 5.73. The summed E-state index contributed by atoms with van der Waals surface area (Å²) in [5.74, 6) is -0.272. The SMILES string of the molecule is COCCN1CC[C@@H](CNC(=O)c2ccc(OC(F)(F)F)cc2)C1. The monoisotopic (exact) mass is 346 g/mol. The van der Waals surface area contributed by atoms with Gasteiger partial charge in [0, 0.05) is 32.3 Å². The van der Waals surface area contributed by atoms with E-state index in [1.807, 2.05) is 0 Å². The number of alkyl halides is 3. The van der Waals surface area contributed by atoms with Crippen LogP contribution in [0.1, 0.15) is 16.8 Å². The molecule has 0 unspecified atom stereocenters. The summed E-state index contributed by atoms with van der Waals surface area (Å²) < 4.78 is 45.1. The van der Waals surface area contributed by atoms with Gasteiger partial charge >= 0.3 is 6.36 Å². The van der Waals surface area contributed by atoms with E-state index in [0.29, 0.717) is 24.6 Å². The van der Waals surface area contributed by atoms with E-state index in [-0.39, 0.29) is 11.7 Å². The maximum absolute atomic E-state index is 12.1. The first-order valence-corrected chi connectivity index (χ1v) is 7.72. The molecule has 1 aliphatic rings. The number of carbonyl (C=O) groups is 1. The number of benzene rings is 1. The molecule has 1 aromatic carbocycles. The van der Waals surface area contributed by atoms with E-state index in [2.05, 4.69) is 15.0 Å². The van der Waals surface area contributed by atoms with Crippen molar-refractivity contribution in [1.82, 2.24) is 10.2 Å². The minimum Gasteiger partial charge on any atom is -0.406 e. The molecule has 0 aliphatic carbocycles. The van der Waals surface area contributed by atoms with E-state index >= 15 is 0 Å². The predicted molar refractivity (Wildman–Crippen MR) is 81.9 cm³/mol. The summed E-state index contributed by atoms with van der Waals surface area (Å²) in [6.45, 7) is 3.99. The summed E-state index contributed by atoms with van der Waals surface area (Å²) in [5, 5.41) is 2.83. The Morgan fingerprint density at radius 1 is 1.33 bits per heavy atom. The van der Waals surface area contributed by atoms with Crippen LogP contribution in [0.25, 0.3) is 0 Å². The predicted octanol–water partition coefficient (Wildman–Crippen LogP) is 2.28. The van der Waals surface area contributed by atoms with Crippen LogP contribution in [0.2, 0.25) is 0 Å². The lowest BCUT2D eigenvalue weighted by molar-refractivity contribution is -0.274. The van der Waals surface area contributed by atoms with Gasteiger partial charge in [0.25, 0.3) is 5.91 Å². The molecule has 2 rings (SSSR count). The summed E-state index contributed by atoms with van der Waals surface area (Å²) in [7, 11) is 1.67. The molecule has 1 aliphatic heterocycles. The number of hydrogen-bond donors (Lipinski definition) is 1. The molecular weight excluding hydrogens is 325 g/mol. The lowest BCUT2D eigenvalue weighted by Crippen LogP contribution is -2.31. The van der Waals surface area contributed by atoms with Crippen molar-refractivity contribution >= 4 is 5.91 Å². The van der Waals surface area contributed by atoms with Crippen molar-refractivity contribution in [3.63, 3.8) is 0 Å². The van der Waals surface area contributed by atoms with Crippen LogP contribution in [-0.4, -0.2) is 57.1 Å². The Morgan fingerprint density at radius 2 is 2.04 bits per heavy atom. The van der Waals surface area contributed by atoms with Crippen molar-refractivity contribution in [2.45, 2.75) is 12.8 Å². The fourth-order valence-electron chi connectivity index (χ4n) is 2.65. The summed E-state index contributed by atoms with van der Waals surface area (Å²) >= 11 is 0. The third-order valence-corrected chi connectivity index (χ3v) is 3.88.